The van der Waals surface area contributed by atoms with Crippen molar-refractivity contribution in [3.05, 3.63) is 36.0 Å². The first-order valence-corrected chi connectivity index (χ1v) is 10.8. The third-order valence-corrected chi connectivity index (χ3v) is 4.35. The fraction of sp³-hybridized carbons (Fsp3) is 0.458. The zero-order valence-electron chi connectivity index (χ0n) is 20.3. The highest BCUT2D eigenvalue weighted by molar-refractivity contribution is 5.96. The van der Waals surface area contributed by atoms with E-state index >= 15 is 0 Å². The van der Waals surface area contributed by atoms with Gasteiger partial charge in [0.2, 0.25) is 5.88 Å². The number of aromatic nitrogens is 1. The van der Waals surface area contributed by atoms with Crippen molar-refractivity contribution < 1.29 is 31.4 Å². The Bertz CT molecular complexity index is 884. The molecule has 1 aromatic heterocycles. The zero-order valence-corrected chi connectivity index (χ0v) is 20.3. The van der Waals surface area contributed by atoms with Crippen LogP contribution in [-0.2, 0) is 20.7 Å². The molecule has 0 fully saturated rings. The first-order valence-electron chi connectivity index (χ1n) is 10.8. The van der Waals surface area contributed by atoms with E-state index < -0.39 is 0 Å². The van der Waals surface area contributed by atoms with Crippen LogP contribution in [0.1, 0.15) is 35.6 Å². The van der Waals surface area contributed by atoms with Gasteiger partial charge < -0.3 is 29.6 Å². The molecule has 0 bridgehead atoms. The van der Waals surface area contributed by atoms with Crippen LogP contribution in [0, 0.1) is 0 Å². The molecule has 0 unspecified atom stereocenters. The summed E-state index contributed by atoms with van der Waals surface area (Å²) in [6.07, 6.45) is 3.98. The van der Waals surface area contributed by atoms with Gasteiger partial charge in [0.25, 0.3) is 6.47 Å². The minimum atomic E-state index is -0.262. The molecule has 1 aliphatic rings. The van der Waals surface area contributed by atoms with Crippen molar-refractivity contribution in [2.45, 2.75) is 39.7 Å². The molecule has 2 heterocycles. The molecular weight excluding hydrogens is 426 g/mol. The minimum absolute atomic E-state index is 0. The van der Waals surface area contributed by atoms with Crippen LogP contribution in [0.3, 0.4) is 0 Å². The quantitative estimate of drug-likeness (QED) is 0.578. The second-order valence-electron chi connectivity index (χ2n) is 7.11. The van der Waals surface area contributed by atoms with E-state index in [0.717, 1.165) is 47.6 Å². The molecule has 186 valence electrons. The Morgan fingerprint density at radius 1 is 1.30 bits per heavy atom. The van der Waals surface area contributed by atoms with Gasteiger partial charge in [-0.1, -0.05) is 6.92 Å². The maximum Gasteiger partial charge on any atom is 0.319 e. The Morgan fingerprint density at radius 2 is 2.03 bits per heavy atom. The summed E-state index contributed by atoms with van der Waals surface area (Å²) in [6.45, 7) is 8.12. The Kier molecular flexibility index (Phi) is 13.0. The smallest absolute Gasteiger partial charge is 0.319 e. The molecule has 0 radical (unpaired) electrons. The predicted molar refractivity (Wildman–Crippen MR) is 132 cm³/mol. The van der Waals surface area contributed by atoms with E-state index in [-0.39, 0.29) is 8.88 Å². The third kappa shape index (κ3) is 9.36. The van der Waals surface area contributed by atoms with Crippen LogP contribution < -0.4 is 20.1 Å². The van der Waals surface area contributed by atoms with Gasteiger partial charge in [-0.3, -0.25) is 4.79 Å². The number of carbonyl (C=O) groups is 2. The highest BCUT2D eigenvalue weighted by Gasteiger charge is 2.21. The lowest BCUT2D eigenvalue weighted by atomic mass is 9.99. The number of rotatable bonds is 7. The SMILES string of the molecule is CCCOC(C)C.CNC(=O)Nc1c(-c2ccnc(OC)c2)ccc2c1CCO2.COC=O.[HH].[HH]. The highest BCUT2D eigenvalue weighted by atomic mass is 16.5. The van der Waals surface area contributed by atoms with Crippen LogP contribution in [0.5, 0.6) is 11.6 Å². The van der Waals surface area contributed by atoms with Crippen LogP contribution in [0.15, 0.2) is 30.5 Å². The van der Waals surface area contributed by atoms with Gasteiger partial charge in [0.1, 0.15) is 5.75 Å². The summed E-state index contributed by atoms with van der Waals surface area (Å²) in [4.78, 5) is 24.9. The maximum atomic E-state index is 11.8. The molecule has 9 nitrogen and oxygen atoms in total. The number of methoxy groups -OCH3 is 2. The van der Waals surface area contributed by atoms with Crippen molar-refractivity contribution >= 4 is 18.2 Å². The van der Waals surface area contributed by atoms with Gasteiger partial charge >= 0.3 is 6.03 Å². The number of fused-ring (bicyclic) bond motifs is 1. The van der Waals surface area contributed by atoms with Crippen molar-refractivity contribution in [1.82, 2.24) is 10.3 Å². The molecule has 2 aromatic rings. The fourth-order valence-electron chi connectivity index (χ4n) is 2.88. The zero-order chi connectivity index (χ0) is 24.6. The molecule has 0 spiro atoms. The van der Waals surface area contributed by atoms with Crippen LogP contribution in [0.25, 0.3) is 11.1 Å². The van der Waals surface area contributed by atoms with Crippen molar-refractivity contribution in [2.24, 2.45) is 0 Å². The standard InChI is InChI=1S/C16H17N3O3.C6H14O.C2H4O2.2H2/c1-17-16(20)19-15-11(3-4-13-12(15)6-8-22-13)10-5-7-18-14(9-10)21-2;1-4-5-7-6(2)3;1-4-2-3;;/h3-5,7,9H,6,8H2,1-2H3,(H2,17,19,20);6H,4-5H2,1-3H3;2H,1H3;2*1H. The van der Waals surface area contributed by atoms with Gasteiger partial charge in [-0.25, -0.2) is 9.78 Å². The second-order valence-corrected chi connectivity index (χ2v) is 7.11. The second kappa shape index (κ2) is 15.5. The summed E-state index contributed by atoms with van der Waals surface area (Å²) < 4.78 is 19.8. The third-order valence-electron chi connectivity index (χ3n) is 4.35. The van der Waals surface area contributed by atoms with E-state index in [0.29, 0.717) is 25.1 Å². The number of ether oxygens (including phenoxy) is 4. The summed E-state index contributed by atoms with van der Waals surface area (Å²) in [7, 11) is 4.48. The molecule has 3 rings (SSSR count). The number of benzene rings is 1. The van der Waals surface area contributed by atoms with Gasteiger partial charge in [-0.15, -0.1) is 0 Å². The molecule has 1 aliphatic heterocycles. The van der Waals surface area contributed by atoms with Crippen molar-refractivity contribution in [2.75, 3.05) is 39.8 Å². The number of urea groups is 1. The minimum Gasteiger partial charge on any atom is -0.493 e. The normalized spacial score (nSPS) is 11.0. The fourth-order valence-corrected chi connectivity index (χ4v) is 2.88. The summed E-state index contributed by atoms with van der Waals surface area (Å²) in [5, 5.41) is 5.48. The number of carbonyl (C=O) groups excluding carboxylic acids is 2. The van der Waals surface area contributed by atoms with E-state index in [1.165, 1.54) is 7.11 Å². The number of nitrogens with one attached hydrogen (secondary N) is 2. The molecule has 0 saturated heterocycles. The van der Waals surface area contributed by atoms with E-state index in [9.17, 15) is 4.79 Å². The van der Waals surface area contributed by atoms with E-state index in [2.05, 4.69) is 41.1 Å². The number of amides is 2. The van der Waals surface area contributed by atoms with Crippen LogP contribution in [0.2, 0.25) is 0 Å². The summed E-state index contributed by atoms with van der Waals surface area (Å²) in [5.74, 6) is 1.34. The monoisotopic (exact) mass is 465 g/mol. The average Bonchev–Trinajstić information content (AvgIpc) is 3.32. The Labute approximate surface area is 198 Å². The van der Waals surface area contributed by atoms with E-state index in [4.69, 9.17) is 19.0 Å². The van der Waals surface area contributed by atoms with E-state index in [1.54, 1.807) is 20.4 Å². The number of nitrogens with zero attached hydrogens (tertiary/aromatic N) is 1. The maximum absolute atomic E-state index is 11.8. The number of hydrogen-bond donors (Lipinski definition) is 2. The van der Waals surface area contributed by atoms with Gasteiger partial charge in [0.15, 0.2) is 0 Å². The molecule has 0 aliphatic carbocycles. The molecule has 9 heteroatoms. The molecule has 33 heavy (non-hydrogen) atoms. The largest absolute Gasteiger partial charge is 0.493 e. The van der Waals surface area contributed by atoms with Gasteiger partial charge in [-0.2, -0.15) is 0 Å². The Balaban J connectivity index is 0. The van der Waals surface area contributed by atoms with E-state index in [1.807, 2.05) is 24.3 Å². The number of pyridine rings is 1. The lowest BCUT2D eigenvalue weighted by Gasteiger charge is -2.15. The van der Waals surface area contributed by atoms with Gasteiger partial charge in [-0.05, 0) is 44.0 Å². The average molecular weight is 466 g/mol. The van der Waals surface area contributed by atoms with Gasteiger partial charge in [0.05, 0.1) is 32.6 Å². The summed E-state index contributed by atoms with van der Waals surface area (Å²) in [5.41, 5.74) is 3.61. The van der Waals surface area contributed by atoms with Crippen molar-refractivity contribution in [1.29, 1.82) is 0 Å². The number of anilines is 1. The van der Waals surface area contributed by atoms with Crippen LogP contribution in [0.4, 0.5) is 10.5 Å². The molecule has 0 atom stereocenters. The van der Waals surface area contributed by atoms with Crippen molar-refractivity contribution in [3.63, 3.8) is 0 Å². The molecule has 2 amide bonds. The lowest BCUT2D eigenvalue weighted by molar-refractivity contribution is -0.126. The Hall–Kier alpha value is -3.33. The Morgan fingerprint density at radius 3 is 2.58 bits per heavy atom. The summed E-state index contributed by atoms with van der Waals surface area (Å²) >= 11 is 0. The molecule has 2 N–H and O–H groups in total. The highest BCUT2D eigenvalue weighted by Crippen LogP contribution is 2.39. The molecular formula is C24H39N3O6. The molecule has 0 saturated carbocycles. The predicted octanol–water partition coefficient (Wildman–Crippen LogP) is 4.55. The topological polar surface area (TPSA) is 108 Å². The van der Waals surface area contributed by atoms with Crippen molar-refractivity contribution in [3.8, 4) is 22.8 Å². The number of hydrogen-bond acceptors (Lipinski definition) is 7. The van der Waals surface area contributed by atoms with Crippen LogP contribution >= 0.6 is 0 Å². The van der Waals surface area contributed by atoms with Gasteiger partial charge in [0, 0.05) is 46.3 Å². The van der Waals surface area contributed by atoms with Crippen LogP contribution in [-0.4, -0.2) is 58.1 Å². The first-order chi connectivity index (χ1) is 15.9. The lowest BCUT2D eigenvalue weighted by Crippen LogP contribution is -2.25. The molecule has 1 aromatic carbocycles. The summed E-state index contributed by atoms with van der Waals surface area (Å²) in [6, 6.07) is 7.33. The first kappa shape index (κ1) is 27.7.